The molecule has 2 aromatic rings. The van der Waals surface area contributed by atoms with Crippen LogP contribution in [0.1, 0.15) is 53.6 Å². The van der Waals surface area contributed by atoms with E-state index in [1.807, 2.05) is 0 Å². The van der Waals surface area contributed by atoms with Crippen molar-refractivity contribution in [3.8, 4) is 0 Å². The first kappa shape index (κ1) is 32.8. The van der Waals surface area contributed by atoms with Gasteiger partial charge in [-0.15, -0.1) is 0 Å². The van der Waals surface area contributed by atoms with Crippen molar-refractivity contribution >= 4 is 17.9 Å². The molecule has 3 rings (SSSR count). The zero-order valence-corrected chi connectivity index (χ0v) is 21.8. The van der Waals surface area contributed by atoms with Crippen LogP contribution in [-0.4, -0.2) is 43.2 Å². The van der Waals surface area contributed by atoms with Crippen LogP contribution < -0.4 is 10.2 Å². The van der Waals surface area contributed by atoms with Gasteiger partial charge >= 0.3 is 30.7 Å². The third-order valence-corrected chi connectivity index (χ3v) is 6.41. The number of fused-ring (bicyclic) bond motifs is 1. The van der Waals surface area contributed by atoms with Crippen LogP contribution in [0.15, 0.2) is 36.4 Å². The molecular weight excluding hydrogens is 591 g/mol. The minimum Gasteiger partial charge on any atom is -0.449 e. The van der Waals surface area contributed by atoms with E-state index in [9.17, 15) is 49.1 Å². The van der Waals surface area contributed by atoms with Gasteiger partial charge in [-0.05, 0) is 60.4 Å². The minimum absolute atomic E-state index is 0.00187. The van der Waals surface area contributed by atoms with E-state index >= 15 is 0 Å². The van der Waals surface area contributed by atoms with Crippen LogP contribution in [0.25, 0.3) is 0 Å². The highest BCUT2D eigenvalue weighted by atomic mass is 19.4. The number of hydrogen-bond acceptors (Lipinski definition) is 5. The average molecular weight is 616 g/mol. The highest BCUT2D eigenvalue weighted by Gasteiger charge is 2.40. The second-order valence-corrected chi connectivity index (χ2v) is 9.27. The number of nitrogens with zero attached hydrogens (tertiary/aromatic N) is 1. The van der Waals surface area contributed by atoms with Crippen molar-refractivity contribution in [2.75, 3.05) is 24.7 Å². The molecule has 0 bridgehead atoms. The predicted molar refractivity (Wildman–Crippen MR) is 128 cm³/mol. The van der Waals surface area contributed by atoms with Gasteiger partial charge in [0.05, 0.1) is 41.6 Å². The quantitative estimate of drug-likeness (QED) is 0.332. The Hall–Kier alpha value is -3.69. The number of benzene rings is 2. The van der Waals surface area contributed by atoms with Crippen molar-refractivity contribution in [3.05, 3.63) is 64.2 Å². The smallest absolute Gasteiger partial charge is 0.416 e. The lowest BCUT2D eigenvalue weighted by atomic mass is 9.89. The number of nitrogens with one attached hydrogen (secondary N) is 1. The topological polar surface area (TPSA) is 88.1 Å². The van der Waals surface area contributed by atoms with Crippen molar-refractivity contribution in [2.24, 2.45) is 0 Å². The zero-order valence-electron chi connectivity index (χ0n) is 21.8. The SMILES string of the molecule is CC[C@@H]1C[C@H](NC(=O)OCCc2cc(C(F)(F)F)cc(C(F)(F)F)c2)c2cc(C(F)(F)F)ccc2N1C(=O)OCCO. The molecule has 2 amide bonds. The highest BCUT2D eigenvalue weighted by molar-refractivity contribution is 5.90. The van der Waals surface area contributed by atoms with Gasteiger partial charge < -0.3 is 19.9 Å². The van der Waals surface area contributed by atoms with Gasteiger partial charge in [-0.25, -0.2) is 9.59 Å². The zero-order chi connectivity index (χ0) is 31.5. The van der Waals surface area contributed by atoms with Gasteiger partial charge in [0, 0.05) is 12.5 Å². The molecule has 2 atom stereocenters. The largest absolute Gasteiger partial charge is 0.449 e. The van der Waals surface area contributed by atoms with Crippen molar-refractivity contribution in [3.63, 3.8) is 0 Å². The number of ether oxygens (including phenoxy) is 2. The van der Waals surface area contributed by atoms with E-state index in [0.29, 0.717) is 12.1 Å². The molecule has 1 aliphatic rings. The Bertz CT molecular complexity index is 1250. The predicted octanol–water partition coefficient (Wildman–Crippen LogP) is 6.87. The lowest BCUT2D eigenvalue weighted by molar-refractivity contribution is -0.143. The second kappa shape index (κ2) is 12.7. The number of amides is 2. The standard InChI is InChI=1S/C26H25F9N2O5/c1-2-18-13-20(19-12-15(24(27,28)29)3-4-21(19)37(18)23(40)42-8-6-38)36-22(39)41-7-5-14-9-16(25(30,31)32)11-17(10-14)26(33,34)35/h3-4,9-12,18,20,38H,2,5-8,13H2,1H3,(H,36,39)/t18-,20+/m1/s1. The summed E-state index contributed by atoms with van der Waals surface area (Å²) in [6, 6.07) is 1.66. The first-order valence-corrected chi connectivity index (χ1v) is 12.4. The van der Waals surface area contributed by atoms with Gasteiger partial charge in [-0.1, -0.05) is 6.92 Å². The third-order valence-electron chi connectivity index (χ3n) is 6.41. The Morgan fingerprint density at radius 1 is 0.881 bits per heavy atom. The van der Waals surface area contributed by atoms with Crippen LogP contribution in [0.4, 0.5) is 54.8 Å². The van der Waals surface area contributed by atoms with Crippen LogP contribution >= 0.6 is 0 Å². The van der Waals surface area contributed by atoms with E-state index in [1.165, 1.54) is 0 Å². The molecular formula is C26H25F9N2O5. The normalized spacial score (nSPS) is 17.5. The third kappa shape index (κ3) is 7.98. The number of aliphatic hydroxyl groups excluding tert-OH is 1. The lowest BCUT2D eigenvalue weighted by Gasteiger charge is -2.40. The highest BCUT2D eigenvalue weighted by Crippen LogP contribution is 2.42. The first-order valence-electron chi connectivity index (χ1n) is 12.4. The summed E-state index contributed by atoms with van der Waals surface area (Å²) in [4.78, 5) is 26.3. The molecule has 0 fully saturated rings. The molecule has 0 saturated carbocycles. The molecule has 0 unspecified atom stereocenters. The first-order chi connectivity index (χ1) is 19.5. The number of anilines is 1. The van der Waals surface area contributed by atoms with E-state index in [1.54, 1.807) is 6.92 Å². The number of halogens is 9. The fourth-order valence-corrected chi connectivity index (χ4v) is 4.48. The van der Waals surface area contributed by atoms with Gasteiger partial charge in [0.1, 0.15) is 6.61 Å². The number of alkyl halides is 9. The van der Waals surface area contributed by atoms with Gasteiger partial charge in [-0.3, -0.25) is 4.90 Å². The number of alkyl carbamates (subject to hydrolysis) is 1. The molecule has 16 heteroatoms. The van der Waals surface area contributed by atoms with E-state index < -0.39 is 84.7 Å². The maximum Gasteiger partial charge on any atom is 0.416 e. The maximum absolute atomic E-state index is 13.5. The summed E-state index contributed by atoms with van der Waals surface area (Å²) in [5, 5.41) is 11.3. The number of hydrogen-bond donors (Lipinski definition) is 2. The molecule has 0 radical (unpaired) electrons. The van der Waals surface area contributed by atoms with Crippen LogP contribution in [0, 0.1) is 0 Å². The molecule has 1 heterocycles. The van der Waals surface area contributed by atoms with Crippen molar-refractivity contribution in [1.82, 2.24) is 5.32 Å². The molecule has 1 aliphatic heterocycles. The molecule has 2 aromatic carbocycles. The molecule has 0 saturated heterocycles. The number of carbonyl (C=O) groups excluding carboxylic acids is 2. The summed E-state index contributed by atoms with van der Waals surface area (Å²) < 4.78 is 129. The molecule has 232 valence electrons. The summed E-state index contributed by atoms with van der Waals surface area (Å²) in [5.41, 5.74) is -4.68. The second-order valence-electron chi connectivity index (χ2n) is 9.27. The van der Waals surface area contributed by atoms with E-state index in [0.717, 1.165) is 23.1 Å². The Morgan fingerprint density at radius 3 is 2.00 bits per heavy atom. The fraction of sp³-hybridized carbons (Fsp3) is 0.462. The molecule has 0 spiro atoms. The van der Waals surface area contributed by atoms with Gasteiger partial charge in [-0.2, -0.15) is 39.5 Å². The molecule has 7 nitrogen and oxygen atoms in total. The summed E-state index contributed by atoms with van der Waals surface area (Å²) >= 11 is 0. The fourth-order valence-electron chi connectivity index (χ4n) is 4.48. The van der Waals surface area contributed by atoms with Crippen molar-refractivity contribution in [2.45, 2.75) is 56.8 Å². The molecule has 42 heavy (non-hydrogen) atoms. The summed E-state index contributed by atoms with van der Waals surface area (Å²) in [5.74, 6) is 0. The summed E-state index contributed by atoms with van der Waals surface area (Å²) in [7, 11) is 0. The summed E-state index contributed by atoms with van der Waals surface area (Å²) in [6.45, 7) is 0.158. The van der Waals surface area contributed by atoms with Crippen LogP contribution in [-0.2, 0) is 34.4 Å². The number of aliphatic hydroxyl groups is 1. The monoisotopic (exact) mass is 616 g/mol. The molecule has 2 N–H and O–H groups in total. The maximum atomic E-state index is 13.5. The van der Waals surface area contributed by atoms with Gasteiger partial charge in [0.25, 0.3) is 0 Å². The van der Waals surface area contributed by atoms with Crippen molar-refractivity contribution < 1.29 is 63.7 Å². The van der Waals surface area contributed by atoms with Crippen LogP contribution in [0.2, 0.25) is 0 Å². The van der Waals surface area contributed by atoms with Crippen LogP contribution in [0.3, 0.4) is 0 Å². The Morgan fingerprint density at radius 2 is 1.48 bits per heavy atom. The Labute approximate surface area is 233 Å². The molecule has 0 aliphatic carbocycles. The van der Waals surface area contributed by atoms with E-state index in [2.05, 4.69) is 5.32 Å². The molecule has 0 aromatic heterocycles. The lowest BCUT2D eigenvalue weighted by Crippen LogP contribution is -2.48. The van der Waals surface area contributed by atoms with E-state index in [-0.39, 0.29) is 36.8 Å². The van der Waals surface area contributed by atoms with Crippen LogP contribution in [0.5, 0.6) is 0 Å². The van der Waals surface area contributed by atoms with E-state index in [4.69, 9.17) is 14.6 Å². The Balaban J connectivity index is 1.81. The number of rotatable bonds is 7. The Kier molecular flexibility index (Phi) is 9.90. The summed E-state index contributed by atoms with van der Waals surface area (Å²) in [6.07, 6.45) is -17.4. The van der Waals surface area contributed by atoms with Gasteiger partial charge in [0.15, 0.2) is 0 Å². The van der Waals surface area contributed by atoms with Gasteiger partial charge in [0.2, 0.25) is 0 Å². The van der Waals surface area contributed by atoms with Crippen molar-refractivity contribution in [1.29, 1.82) is 0 Å². The number of carbonyl (C=O) groups is 2. The average Bonchev–Trinajstić information content (AvgIpc) is 2.89. The minimum atomic E-state index is -5.06.